The zero-order valence-corrected chi connectivity index (χ0v) is 11.6. The first-order valence-corrected chi connectivity index (χ1v) is 7.09. The molecular formula is C16H17N3O2. The lowest BCUT2D eigenvalue weighted by Gasteiger charge is -2.32. The molecule has 0 radical (unpaired) electrons. The van der Waals surface area contributed by atoms with Crippen molar-refractivity contribution in [1.82, 2.24) is 9.97 Å². The molecule has 108 valence electrons. The second-order valence-electron chi connectivity index (χ2n) is 5.22. The largest absolute Gasteiger partial charge is 0.481 e. The van der Waals surface area contributed by atoms with E-state index in [1.807, 2.05) is 36.5 Å². The van der Waals surface area contributed by atoms with Crippen LogP contribution in [0.4, 0.5) is 5.69 Å². The molecule has 0 amide bonds. The van der Waals surface area contributed by atoms with Crippen molar-refractivity contribution in [2.75, 3.05) is 18.0 Å². The van der Waals surface area contributed by atoms with Crippen LogP contribution >= 0.6 is 0 Å². The van der Waals surface area contributed by atoms with Gasteiger partial charge in [-0.05, 0) is 12.8 Å². The smallest absolute Gasteiger partial charge is 0.306 e. The second-order valence-corrected chi connectivity index (χ2v) is 5.22. The third kappa shape index (κ3) is 2.86. The Hall–Kier alpha value is -2.43. The van der Waals surface area contributed by atoms with Crippen LogP contribution in [-0.2, 0) is 4.79 Å². The fourth-order valence-electron chi connectivity index (χ4n) is 2.74. The number of benzene rings is 1. The Bertz CT molecular complexity index is 622. The summed E-state index contributed by atoms with van der Waals surface area (Å²) in [5, 5.41) is 9.08. The molecule has 1 N–H and O–H groups in total. The molecule has 1 fully saturated rings. The van der Waals surface area contributed by atoms with Gasteiger partial charge in [0.25, 0.3) is 0 Å². The van der Waals surface area contributed by atoms with E-state index in [1.165, 1.54) is 0 Å². The maximum Gasteiger partial charge on any atom is 0.306 e. The van der Waals surface area contributed by atoms with Crippen LogP contribution in [0.3, 0.4) is 0 Å². The van der Waals surface area contributed by atoms with Gasteiger partial charge in [-0.25, -0.2) is 9.97 Å². The molecule has 1 aromatic heterocycles. The van der Waals surface area contributed by atoms with E-state index in [9.17, 15) is 4.79 Å². The molecule has 1 aliphatic heterocycles. The van der Waals surface area contributed by atoms with Crippen molar-refractivity contribution in [2.45, 2.75) is 12.8 Å². The van der Waals surface area contributed by atoms with Crippen LogP contribution in [0.1, 0.15) is 12.8 Å². The fraction of sp³-hybridized carbons (Fsp3) is 0.312. The standard InChI is InChI=1S/C16H17N3O2/c20-16(21)13-6-8-19(9-7-13)14-10-17-11-18-15(14)12-4-2-1-3-5-12/h1-5,10-11,13H,6-9H2,(H,20,21). The van der Waals surface area contributed by atoms with Crippen molar-refractivity contribution in [3.05, 3.63) is 42.9 Å². The first-order valence-electron chi connectivity index (χ1n) is 7.09. The molecule has 5 nitrogen and oxygen atoms in total. The number of carboxylic acids is 1. The van der Waals surface area contributed by atoms with Crippen LogP contribution in [0.5, 0.6) is 0 Å². The summed E-state index contributed by atoms with van der Waals surface area (Å²) in [6.45, 7) is 1.45. The number of carboxylic acid groups (broad SMARTS) is 1. The molecule has 0 spiro atoms. The van der Waals surface area contributed by atoms with Crippen LogP contribution in [0.2, 0.25) is 0 Å². The molecule has 0 bridgehead atoms. The molecule has 1 aliphatic rings. The van der Waals surface area contributed by atoms with E-state index >= 15 is 0 Å². The normalized spacial score (nSPS) is 15.9. The highest BCUT2D eigenvalue weighted by Gasteiger charge is 2.26. The number of hydrogen-bond donors (Lipinski definition) is 1. The number of anilines is 1. The Labute approximate surface area is 123 Å². The molecule has 0 aliphatic carbocycles. The zero-order chi connectivity index (χ0) is 14.7. The Kier molecular flexibility index (Phi) is 3.81. The van der Waals surface area contributed by atoms with Crippen LogP contribution in [-0.4, -0.2) is 34.1 Å². The molecular weight excluding hydrogens is 266 g/mol. The van der Waals surface area contributed by atoms with E-state index < -0.39 is 5.97 Å². The summed E-state index contributed by atoms with van der Waals surface area (Å²) in [6, 6.07) is 9.99. The Morgan fingerprint density at radius 2 is 1.90 bits per heavy atom. The van der Waals surface area contributed by atoms with Gasteiger partial charge < -0.3 is 10.0 Å². The van der Waals surface area contributed by atoms with E-state index in [4.69, 9.17) is 5.11 Å². The Morgan fingerprint density at radius 1 is 1.19 bits per heavy atom. The molecule has 3 rings (SSSR count). The summed E-state index contributed by atoms with van der Waals surface area (Å²) >= 11 is 0. The highest BCUT2D eigenvalue weighted by molar-refractivity contribution is 5.75. The summed E-state index contributed by atoms with van der Waals surface area (Å²) < 4.78 is 0. The lowest BCUT2D eigenvalue weighted by molar-refractivity contribution is -0.142. The minimum Gasteiger partial charge on any atom is -0.481 e. The van der Waals surface area contributed by atoms with Gasteiger partial charge in [-0.3, -0.25) is 4.79 Å². The van der Waals surface area contributed by atoms with E-state index in [1.54, 1.807) is 6.33 Å². The van der Waals surface area contributed by atoms with E-state index in [0.29, 0.717) is 12.8 Å². The van der Waals surface area contributed by atoms with Crippen molar-refractivity contribution >= 4 is 11.7 Å². The molecule has 21 heavy (non-hydrogen) atoms. The van der Waals surface area contributed by atoms with Gasteiger partial charge in [0.1, 0.15) is 6.33 Å². The minimum atomic E-state index is -0.692. The van der Waals surface area contributed by atoms with Gasteiger partial charge in [0, 0.05) is 18.7 Å². The number of aliphatic carboxylic acids is 1. The summed E-state index contributed by atoms with van der Waals surface area (Å²) in [5.41, 5.74) is 2.93. The van der Waals surface area contributed by atoms with Crippen molar-refractivity contribution in [2.24, 2.45) is 5.92 Å². The Morgan fingerprint density at radius 3 is 2.57 bits per heavy atom. The van der Waals surface area contributed by atoms with Crippen LogP contribution < -0.4 is 4.90 Å². The van der Waals surface area contributed by atoms with Crippen molar-refractivity contribution in [1.29, 1.82) is 0 Å². The Balaban J connectivity index is 1.85. The second kappa shape index (κ2) is 5.91. The predicted octanol–water partition coefficient (Wildman–Crippen LogP) is 2.44. The topological polar surface area (TPSA) is 66.3 Å². The van der Waals surface area contributed by atoms with Gasteiger partial charge in [-0.1, -0.05) is 30.3 Å². The van der Waals surface area contributed by atoms with Crippen molar-refractivity contribution < 1.29 is 9.90 Å². The number of nitrogens with zero attached hydrogens (tertiary/aromatic N) is 3. The molecule has 2 heterocycles. The number of piperidine rings is 1. The van der Waals surface area contributed by atoms with Crippen molar-refractivity contribution in [3.63, 3.8) is 0 Å². The summed E-state index contributed by atoms with van der Waals surface area (Å²) in [5.74, 6) is -0.923. The van der Waals surface area contributed by atoms with E-state index in [-0.39, 0.29) is 5.92 Å². The van der Waals surface area contributed by atoms with E-state index in [2.05, 4.69) is 14.9 Å². The quantitative estimate of drug-likeness (QED) is 0.937. The number of rotatable bonds is 3. The van der Waals surface area contributed by atoms with Crippen LogP contribution in [0.25, 0.3) is 11.3 Å². The molecule has 2 aromatic rings. The molecule has 0 saturated carbocycles. The maximum atomic E-state index is 11.0. The molecule has 1 aromatic carbocycles. The van der Waals surface area contributed by atoms with Gasteiger partial charge in [-0.15, -0.1) is 0 Å². The predicted molar refractivity (Wildman–Crippen MR) is 80.0 cm³/mol. The van der Waals surface area contributed by atoms with Gasteiger partial charge in [0.05, 0.1) is 23.5 Å². The highest BCUT2D eigenvalue weighted by atomic mass is 16.4. The van der Waals surface area contributed by atoms with E-state index in [0.717, 1.165) is 30.0 Å². The number of aromatic nitrogens is 2. The van der Waals surface area contributed by atoms with Crippen LogP contribution in [0.15, 0.2) is 42.9 Å². The van der Waals surface area contributed by atoms with Gasteiger partial charge in [0.2, 0.25) is 0 Å². The summed E-state index contributed by atoms with van der Waals surface area (Å²) in [4.78, 5) is 21.8. The molecule has 1 saturated heterocycles. The van der Waals surface area contributed by atoms with Gasteiger partial charge >= 0.3 is 5.97 Å². The first kappa shape index (κ1) is 13.5. The summed E-state index contributed by atoms with van der Waals surface area (Å²) in [7, 11) is 0. The number of carbonyl (C=O) groups is 1. The number of hydrogen-bond acceptors (Lipinski definition) is 4. The molecule has 0 atom stereocenters. The van der Waals surface area contributed by atoms with Gasteiger partial charge in [-0.2, -0.15) is 0 Å². The fourth-order valence-corrected chi connectivity index (χ4v) is 2.74. The molecule has 0 unspecified atom stereocenters. The zero-order valence-electron chi connectivity index (χ0n) is 11.6. The van der Waals surface area contributed by atoms with Gasteiger partial charge in [0.15, 0.2) is 0 Å². The van der Waals surface area contributed by atoms with Crippen LogP contribution in [0, 0.1) is 5.92 Å². The SMILES string of the molecule is O=C(O)C1CCN(c2cncnc2-c2ccccc2)CC1. The lowest BCUT2D eigenvalue weighted by Crippen LogP contribution is -2.36. The third-order valence-electron chi connectivity index (χ3n) is 3.93. The highest BCUT2D eigenvalue weighted by Crippen LogP contribution is 2.30. The minimum absolute atomic E-state index is 0.231. The lowest BCUT2D eigenvalue weighted by atomic mass is 9.96. The maximum absolute atomic E-state index is 11.0. The monoisotopic (exact) mass is 283 g/mol. The third-order valence-corrected chi connectivity index (χ3v) is 3.93. The summed E-state index contributed by atoms with van der Waals surface area (Å²) in [6.07, 6.45) is 4.70. The first-order chi connectivity index (χ1) is 10.3. The average Bonchev–Trinajstić information content (AvgIpc) is 2.56. The average molecular weight is 283 g/mol. The molecule has 5 heteroatoms. The van der Waals surface area contributed by atoms with Crippen molar-refractivity contribution in [3.8, 4) is 11.3 Å².